The van der Waals surface area contributed by atoms with E-state index in [9.17, 15) is 9.59 Å². The van der Waals surface area contributed by atoms with Gasteiger partial charge in [0.1, 0.15) is 11.0 Å². The molecule has 156 valence electrons. The van der Waals surface area contributed by atoms with Crippen LogP contribution in [0.25, 0.3) is 11.0 Å². The molecule has 0 unspecified atom stereocenters. The number of rotatable bonds is 3. The number of hydrogen-bond acceptors (Lipinski definition) is 6. The first kappa shape index (κ1) is 20.3. The zero-order valence-corrected chi connectivity index (χ0v) is 18.2. The van der Waals surface area contributed by atoms with E-state index in [2.05, 4.69) is 19.0 Å². The SMILES string of the molecule is CC(C)(C)C(=O)N1CCN(c2ccc(NC(=O)c3ccc4nsnc4c3)cc2)CC1. The first-order valence-corrected chi connectivity index (χ1v) is 10.7. The number of amides is 2. The van der Waals surface area contributed by atoms with Gasteiger partial charge in [-0.05, 0) is 42.5 Å². The second-order valence-electron chi connectivity index (χ2n) is 8.50. The number of anilines is 2. The van der Waals surface area contributed by atoms with Crippen LogP contribution in [0, 0.1) is 5.41 Å². The van der Waals surface area contributed by atoms with Crippen molar-refractivity contribution in [3.8, 4) is 0 Å². The summed E-state index contributed by atoms with van der Waals surface area (Å²) in [5.74, 6) is 0.0267. The molecule has 4 rings (SSSR count). The Morgan fingerprint density at radius 1 is 0.933 bits per heavy atom. The van der Waals surface area contributed by atoms with E-state index in [1.54, 1.807) is 18.2 Å². The van der Waals surface area contributed by atoms with E-state index in [0.717, 1.165) is 60.3 Å². The van der Waals surface area contributed by atoms with Crippen LogP contribution in [0.2, 0.25) is 0 Å². The van der Waals surface area contributed by atoms with Crippen molar-refractivity contribution < 1.29 is 9.59 Å². The van der Waals surface area contributed by atoms with Gasteiger partial charge >= 0.3 is 0 Å². The molecule has 0 spiro atoms. The molecule has 1 saturated heterocycles. The van der Waals surface area contributed by atoms with Gasteiger partial charge in [-0.3, -0.25) is 9.59 Å². The molecule has 1 aliphatic rings. The van der Waals surface area contributed by atoms with Crippen molar-refractivity contribution >= 4 is 46.0 Å². The average Bonchev–Trinajstić information content (AvgIpc) is 3.21. The van der Waals surface area contributed by atoms with Gasteiger partial charge in [-0.25, -0.2) is 0 Å². The molecule has 0 bridgehead atoms. The molecule has 7 nitrogen and oxygen atoms in total. The maximum Gasteiger partial charge on any atom is 0.255 e. The van der Waals surface area contributed by atoms with Crippen molar-refractivity contribution in [2.45, 2.75) is 20.8 Å². The van der Waals surface area contributed by atoms with Crippen molar-refractivity contribution in [2.24, 2.45) is 5.41 Å². The fourth-order valence-electron chi connectivity index (χ4n) is 3.52. The van der Waals surface area contributed by atoms with Gasteiger partial charge < -0.3 is 15.1 Å². The molecule has 1 aromatic heterocycles. The normalized spacial score (nSPS) is 14.8. The zero-order chi connectivity index (χ0) is 21.3. The van der Waals surface area contributed by atoms with Gasteiger partial charge in [-0.1, -0.05) is 20.8 Å². The summed E-state index contributed by atoms with van der Waals surface area (Å²) in [4.78, 5) is 29.2. The van der Waals surface area contributed by atoms with Crippen molar-refractivity contribution in [1.82, 2.24) is 13.6 Å². The molecule has 2 amide bonds. The maximum atomic E-state index is 12.5. The first-order valence-electron chi connectivity index (χ1n) is 9.99. The number of nitrogens with zero attached hydrogens (tertiary/aromatic N) is 4. The molecular weight excluding hydrogens is 398 g/mol. The molecule has 0 radical (unpaired) electrons. The summed E-state index contributed by atoms with van der Waals surface area (Å²) in [7, 11) is 0. The van der Waals surface area contributed by atoms with Crippen LogP contribution in [0.5, 0.6) is 0 Å². The highest BCUT2D eigenvalue weighted by molar-refractivity contribution is 7.00. The van der Waals surface area contributed by atoms with Gasteiger partial charge in [-0.2, -0.15) is 8.75 Å². The summed E-state index contributed by atoms with van der Waals surface area (Å²) in [5, 5.41) is 2.93. The molecule has 3 aromatic rings. The summed E-state index contributed by atoms with van der Waals surface area (Å²) in [6.07, 6.45) is 0. The Morgan fingerprint density at radius 3 is 2.27 bits per heavy atom. The molecule has 1 aliphatic heterocycles. The lowest BCUT2D eigenvalue weighted by atomic mass is 9.94. The highest BCUT2D eigenvalue weighted by Gasteiger charge is 2.29. The minimum atomic E-state index is -0.345. The second-order valence-corrected chi connectivity index (χ2v) is 9.03. The number of piperazine rings is 1. The Morgan fingerprint density at radius 2 is 1.60 bits per heavy atom. The van der Waals surface area contributed by atoms with Crippen LogP contribution in [-0.2, 0) is 4.79 Å². The third kappa shape index (κ3) is 4.28. The van der Waals surface area contributed by atoms with E-state index in [0.29, 0.717) is 5.56 Å². The van der Waals surface area contributed by atoms with E-state index in [-0.39, 0.29) is 17.2 Å². The predicted molar refractivity (Wildman–Crippen MR) is 120 cm³/mol. The van der Waals surface area contributed by atoms with E-state index in [1.165, 1.54) is 0 Å². The molecule has 8 heteroatoms. The Balaban J connectivity index is 1.36. The predicted octanol–water partition coefficient (Wildman–Crippen LogP) is 3.64. The minimum absolute atomic E-state index is 0.174. The van der Waals surface area contributed by atoms with Gasteiger partial charge in [0.25, 0.3) is 5.91 Å². The third-order valence-corrected chi connectivity index (χ3v) is 5.77. The number of benzene rings is 2. The molecule has 0 aliphatic carbocycles. The molecule has 1 N–H and O–H groups in total. The van der Waals surface area contributed by atoms with Crippen LogP contribution in [-0.4, -0.2) is 51.6 Å². The molecule has 1 fully saturated rings. The standard InChI is InChI=1S/C22H25N5O2S/c1-22(2,3)21(29)27-12-10-26(11-13-27)17-7-5-16(6-8-17)23-20(28)15-4-9-18-19(14-15)25-30-24-18/h4-9,14H,10-13H2,1-3H3,(H,23,28). The highest BCUT2D eigenvalue weighted by atomic mass is 32.1. The van der Waals surface area contributed by atoms with E-state index < -0.39 is 0 Å². The van der Waals surface area contributed by atoms with Crippen LogP contribution in [0.3, 0.4) is 0 Å². The molecule has 2 aromatic carbocycles. The van der Waals surface area contributed by atoms with E-state index in [4.69, 9.17) is 0 Å². The summed E-state index contributed by atoms with van der Waals surface area (Å²) >= 11 is 1.14. The summed E-state index contributed by atoms with van der Waals surface area (Å²) in [5.41, 5.74) is 3.56. The smallest absolute Gasteiger partial charge is 0.255 e. The quantitative estimate of drug-likeness (QED) is 0.696. The molecule has 2 heterocycles. The lowest BCUT2D eigenvalue weighted by Crippen LogP contribution is -2.51. The molecule has 0 atom stereocenters. The van der Waals surface area contributed by atoms with Gasteiger partial charge in [0, 0.05) is 48.5 Å². The third-order valence-electron chi connectivity index (χ3n) is 5.21. The maximum absolute atomic E-state index is 12.5. The Labute approximate surface area is 180 Å². The number of nitrogens with one attached hydrogen (secondary N) is 1. The zero-order valence-electron chi connectivity index (χ0n) is 17.4. The summed E-state index contributed by atoms with van der Waals surface area (Å²) in [6, 6.07) is 13.1. The molecule has 30 heavy (non-hydrogen) atoms. The lowest BCUT2D eigenvalue weighted by Gasteiger charge is -2.38. The number of hydrogen-bond donors (Lipinski definition) is 1. The lowest BCUT2D eigenvalue weighted by molar-refractivity contribution is -0.139. The van der Waals surface area contributed by atoms with E-state index in [1.807, 2.05) is 49.9 Å². The monoisotopic (exact) mass is 423 g/mol. The fourth-order valence-corrected chi connectivity index (χ4v) is 4.04. The van der Waals surface area contributed by atoms with Crippen LogP contribution >= 0.6 is 11.7 Å². The largest absolute Gasteiger partial charge is 0.368 e. The van der Waals surface area contributed by atoms with Crippen molar-refractivity contribution in [3.05, 3.63) is 48.0 Å². The van der Waals surface area contributed by atoms with Crippen LogP contribution in [0.1, 0.15) is 31.1 Å². The van der Waals surface area contributed by atoms with Crippen LogP contribution < -0.4 is 10.2 Å². The van der Waals surface area contributed by atoms with Gasteiger partial charge in [0.15, 0.2) is 0 Å². The number of aromatic nitrogens is 2. The molecular formula is C22H25N5O2S. The van der Waals surface area contributed by atoms with Gasteiger partial charge in [0.2, 0.25) is 5.91 Å². The highest BCUT2D eigenvalue weighted by Crippen LogP contribution is 2.23. The number of carbonyl (C=O) groups excluding carboxylic acids is 2. The Bertz CT molecular complexity index is 1060. The second kappa shape index (κ2) is 8.02. The fraction of sp³-hybridized carbons (Fsp3) is 0.364. The van der Waals surface area contributed by atoms with E-state index >= 15 is 0 Å². The summed E-state index contributed by atoms with van der Waals surface area (Å²) < 4.78 is 8.34. The molecule has 0 saturated carbocycles. The summed E-state index contributed by atoms with van der Waals surface area (Å²) in [6.45, 7) is 8.93. The van der Waals surface area contributed by atoms with Crippen LogP contribution in [0.15, 0.2) is 42.5 Å². The average molecular weight is 424 g/mol. The van der Waals surface area contributed by atoms with Crippen molar-refractivity contribution in [2.75, 3.05) is 36.4 Å². The number of fused-ring (bicyclic) bond motifs is 1. The first-order chi connectivity index (χ1) is 14.3. The van der Waals surface area contributed by atoms with Gasteiger partial charge in [-0.15, -0.1) is 0 Å². The van der Waals surface area contributed by atoms with Crippen molar-refractivity contribution in [1.29, 1.82) is 0 Å². The van der Waals surface area contributed by atoms with Crippen molar-refractivity contribution in [3.63, 3.8) is 0 Å². The minimum Gasteiger partial charge on any atom is -0.368 e. The topological polar surface area (TPSA) is 78.4 Å². The van der Waals surface area contributed by atoms with Crippen LogP contribution in [0.4, 0.5) is 11.4 Å². The van der Waals surface area contributed by atoms with Gasteiger partial charge in [0.05, 0.1) is 11.7 Å². The number of carbonyl (C=O) groups is 2. The Kier molecular flexibility index (Phi) is 5.42. The Hall–Kier alpha value is -3.00.